The van der Waals surface area contributed by atoms with Crippen molar-refractivity contribution in [1.82, 2.24) is 20.4 Å². The molecule has 0 saturated heterocycles. The average Bonchev–Trinajstić information content (AvgIpc) is 2.78. The number of nitrogens with one attached hydrogen (secondary N) is 2. The van der Waals surface area contributed by atoms with Crippen LogP contribution in [0.2, 0.25) is 0 Å². The topological polar surface area (TPSA) is 59.0 Å². The molecule has 0 aliphatic heterocycles. The van der Waals surface area contributed by atoms with E-state index in [1.807, 2.05) is 49.7 Å². The maximum absolute atomic E-state index is 11.9. The van der Waals surface area contributed by atoms with E-state index in [1.54, 1.807) is 0 Å². The molecule has 0 spiro atoms. The molecule has 0 saturated carbocycles. The van der Waals surface area contributed by atoms with Gasteiger partial charge in [-0.05, 0) is 33.3 Å². The first kappa shape index (κ1) is 16.1. The highest BCUT2D eigenvalue weighted by atomic mass is 16.2. The lowest BCUT2D eigenvalue weighted by Gasteiger charge is -2.08. The minimum absolute atomic E-state index is 0.163. The Hall–Kier alpha value is -2.30. The first-order chi connectivity index (χ1) is 10.5. The minimum atomic E-state index is -0.163. The smallest absolute Gasteiger partial charge is 0.315 e. The van der Waals surface area contributed by atoms with Gasteiger partial charge in [-0.15, -0.1) is 0 Å². The van der Waals surface area contributed by atoms with Crippen LogP contribution in [0.25, 0.3) is 0 Å². The van der Waals surface area contributed by atoms with E-state index in [4.69, 9.17) is 0 Å². The summed E-state index contributed by atoms with van der Waals surface area (Å²) < 4.78 is 1.95. The third kappa shape index (κ3) is 3.87. The van der Waals surface area contributed by atoms with E-state index < -0.39 is 0 Å². The summed E-state index contributed by atoms with van der Waals surface area (Å²) in [6, 6.07) is 7.97. The standard InChI is InChI=1S/C17H24N4O/c1-5-21-14(4)16(13(3)20-21)11-19-17(22)18-10-15-8-6-12(2)7-9-15/h6-9H,5,10-11H2,1-4H3,(H2,18,19,22). The second kappa shape index (κ2) is 7.11. The van der Waals surface area contributed by atoms with Crippen molar-refractivity contribution in [2.75, 3.05) is 0 Å². The first-order valence-corrected chi connectivity index (χ1v) is 7.61. The van der Waals surface area contributed by atoms with E-state index in [2.05, 4.69) is 22.7 Å². The van der Waals surface area contributed by atoms with E-state index in [0.717, 1.165) is 29.1 Å². The molecule has 118 valence electrons. The van der Waals surface area contributed by atoms with Gasteiger partial charge >= 0.3 is 6.03 Å². The van der Waals surface area contributed by atoms with Crippen LogP contribution in [0.3, 0.4) is 0 Å². The highest BCUT2D eigenvalue weighted by Crippen LogP contribution is 2.12. The van der Waals surface area contributed by atoms with Crippen LogP contribution >= 0.6 is 0 Å². The SMILES string of the molecule is CCn1nc(C)c(CNC(=O)NCc2ccc(C)cc2)c1C. The molecule has 5 nitrogen and oxygen atoms in total. The van der Waals surface area contributed by atoms with Crippen molar-refractivity contribution in [2.24, 2.45) is 0 Å². The van der Waals surface area contributed by atoms with Crippen molar-refractivity contribution < 1.29 is 4.79 Å². The molecule has 0 fully saturated rings. The summed E-state index contributed by atoms with van der Waals surface area (Å²) in [5.74, 6) is 0. The molecule has 2 rings (SSSR count). The number of rotatable bonds is 5. The summed E-state index contributed by atoms with van der Waals surface area (Å²) in [4.78, 5) is 11.9. The van der Waals surface area contributed by atoms with Crippen LogP contribution in [0.4, 0.5) is 4.79 Å². The number of carbonyl (C=O) groups excluding carboxylic acids is 1. The Morgan fingerprint density at radius 2 is 1.73 bits per heavy atom. The van der Waals surface area contributed by atoms with Gasteiger partial charge < -0.3 is 10.6 Å². The van der Waals surface area contributed by atoms with Crippen LogP contribution in [-0.4, -0.2) is 15.8 Å². The van der Waals surface area contributed by atoms with E-state index in [9.17, 15) is 4.79 Å². The maximum atomic E-state index is 11.9. The Kier molecular flexibility index (Phi) is 5.20. The summed E-state index contributed by atoms with van der Waals surface area (Å²) in [6.07, 6.45) is 0. The number of aryl methyl sites for hydroxylation is 3. The van der Waals surface area contributed by atoms with Gasteiger partial charge in [-0.1, -0.05) is 29.8 Å². The van der Waals surface area contributed by atoms with Gasteiger partial charge in [0.1, 0.15) is 0 Å². The Morgan fingerprint density at radius 1 is 1.09 bits per heavy atom. The van der Waals surface area contributed by atoms with Gasteiger partial charge in [0.15, 0.2) is 0 Å². The molecular weight excluding hydrogens is 276 g/mol. The number of nitrogens with zero attached hydrogens (tertiary/aromatic N) is 2. The molecule has 0 aliphatic carbocycles. The lowest BCUT2D eigenvalue weighted by Crippen LogP contribution is -2.34. The van der Waals surface area contributed by atoms with Gasteiger partial charge in [0, 0.05) is 30.9 Å². The van der Waals surface area contributed by atoms with E-state index in [-0.39, 0.29) is 6.03 Å². The van der Waals surface area contributed by atoms with Crippen LogP contribution in [-0.2, 0) is 19.6 Å². The predicted molar refractivity (Wildman–Crippen MR) is 87.6 cm³/mol. The highest BCUT2D eigenvalue weighted by Gasteiger charge is 2.11. The molecule has 2 amide bonds. The number of amides is 2. The second-order valence-corrected chi connectivity index (χ2v) is 5.49. The van der Waals surface area contributed by atoms with Gasteiger partial charge in [0.25, 0.3) is 0 Å². The van der Waals surface area contributed by atoms with Crippen LogP contribution in [0.5, 0.6) is 0 Å². The quantitative estimate of drug-likeness (QED) is 0.892. The molecule has 1 heterocycles. The largest absolute Gasteiger partial charge is 0.334 e. The molecule has 0 atom stereocenters. The van der Waals surface area contributed by atoms with Gasteiger partial charge in [0.2, 0.25) is 0 Å². The van der Waals surface area contributed by atoms with Crippen LogP contribution in [0.1, 0.15) is 35.0 Å². The minimum Gasteiger partial charge on any atom is -0.334 e. The summed E-state index contributed by atoms with van der Waals surface area (Å²) in [5.41, 5.74) is 5.48. The number of hydrogen-bond donors (Lipinski definition) is 2. The molecule has 2 N–H and O–H groups in total. The van der Waals surface area contributed by atoms with Crippen LogP contribution in [0, 0.1) is 20.8 Å². The molecule has 0 aliphatic rings. The third-order valence-electron chi connectivity index (χ3n) is 3.83. The van der Waals surface area contributed by atoms with E-state index in [1.165, 1.54) is 5.56 Å². The predicted octanol–water partition coefficient (Wildman–Crippen LogP) is 2.83. The molecule has 2 aromatic rings. The summed E-state index contributed by atoms with van der Waals surface area (Å²) in [5, 5.41) is 10.2. The average molecular weight is 300 g/mol. The van der Waals surface area contributed by atoms with Crippen molar-refractivity contribution in [3.8, 4) is 0 Å². The van der Waals surface area contributed by atoms with Crippen molar-refractivity contribution in [3.63, 3.8) is 0 Å². The summed E-state index contributed by atoms with van der Waals surface area (Å²) in [7, 11) is 0. The summed E-state index contributed by atoms with van der Waals surface area (Å²) in [6.45, 7) is 9.98. The molecule has 1 aromatic carbocycles. The zero-order valence-corrected chi connectivity index (χ0v) is 13.7. The molecule has 0 radical (unpaired) electrons. The Bertz CT molecular complexity index is 643. The van der Waals surface area contributed by atoms with Gasteiger partial charge in [-0.3, -0.25) is 4.68 Å². The summed E-state index contributed by atoms with van der Waals surface area (Å²) >= 11 is 0. The van der Waals surface area contributed by atoms with Crippen molar-refractivity contribution in [2.45, 2.75) is 47.3 Å². The van der Waals surface area contributed by atoms with Crippen LogP contribution < -0.4 is 10.6 Å². The Balaban J connectivity index is 1.85. The Morgan fingerprint density at radius 3 is 2.32 bits per heavy atom. The van der Waals surface area contributed by atoms with Gasteiger partial charge in [-0.2, -0.15) is 5.10 Å². The molecular formula is C17H24N4O. The van der Waals surface area contributed by atoms with Crippen molar-refractivity contribution >= 4 is 6.03 Å². The molecule has 22 heavy (non-hydrogen) atoms. The normalized spacial score (nSPS) is 10.5. The van der Waals surface area contributed by atoms with Crippen molar-refractivity contribution in [1.29, 1.82) is 0 Å². The fourth-order valence-corrected chi connectivity index (χ4v) is 2.42. The number of benzene rings is 1. The van der Waals surface area contributed by atoms with Gasteiger partial charge in [-0.25, -0.2) is 4.79 Å². The van der Waals surface area contributed by atoms with E-state index in [0.29, 0.717) is 13.1 Å². The number of aromatic nitrogens is 2. The fourth-order valence-electron chi connectivity index (χ4n) is 2.42. The molecule has 0 bridgehead atoms. The second-order valence-electron chi connectivity index (χ2n) is 5.49. The fraction of sp³-hybridized carbons (Fsp3) is 0.412. The molecule has 0 unspecified atom stereocenters. The number of carbonyl (C=O) groups is 1. The zero-order valence-electron chi connectivity index (χ0n) is 13.7. The lowest BCUT2D eigenvalue weighted by molar-refractivity contribution is 0.240. The number of hydrogen-bond acceptors (Lipinski definition) is 2. The van der Waals surface area contributed by atoms with Gasteiger partial charge in [0.05, 0.1) is 5.69 Å². The monoisotopic (exact) mass is 300 g/mol. The maximum Gasteiger partial charge on any atom is 0.315 e. The molecule has 5 heteroatoms. The Labute approximate surface area is 131 Å². The lowest BCUT2D eigenvalue weighted by atomic mass is 10.1. The first-order valence-electron chi connectivity index (χ1n) is 7.61. The number of urea groups is 1. The van der Waals surface area contributed by atoms with Crippen LogP contribution in [0.15, 0.2) is 24.3 Å². The van der Waals surface area contributed by atoms with E-state index >= 15 is 0 Å². The third-order valence-corrected chi connectivity index (χ3v) is 3.83. The zero-order chi connectivity index (χ0) is 16.1. The highest BCUT2D eigenvalue weighted by molar-refractivity contribution is 5.73. The van der Waals surface area contributed by atoms with Crippen molar-refractivity contribution in [3.05, 3.63) is 52.3 Å². The molecule has 1 aromatic heterocycles.